The maximum atomic E-state index is 14.8. The second-order valence-corrected chi connectivity index (χ2v) is 9.93. The fraction of sp³-hybridized carbons (Fsp3) is 0.409. The first kappa shape index (κ1) is 30.6. The molecular formula is C22H20ClF7N4O4S. The van der Waals surface area contributed by atoms with Gasteiger partial charge in [0, 0.05) is 18.8 Å². The molecule has 214 valence electrons. The Balaban J connectivity index is 1.85. The number of morpholine rings is 1. The fourth-order valence-corrected chi connectivity index (χ4v) is 4.58. The van der Waals surface area contributed by atoms with E-state index in [0.29, 0.717) is 0 Å². The monoisotopic (exact) mass is 604 g/mol. The first-order valence-electron chi connectivity index (χ1n) is 11.0. The summed E-state index contributed by atoms with van der Waals surface area (Å²) in [5, 5.41) is 4.11. The summed E-state index contributed by atoms with van der Waals surface area (Å²) in [4.78, 5) is 38.3. The molecule has 2 aromatic rings. The molecule has 0 aliphatic carbocycles. The van der Waals surface area contributed by atoms with Gasteiger partial charge in [-0.25, -0.2) is 4.39 Å². The second-order valence-electron chi connectivity index (χ2n) is 8.22. The molecule has 1 fully saturated rings. The van der Waals surface area contributed by atoms with Crippen molar-refractivity contribution < 1.29 is 49.9 Å². The van der Waals surface area contributed by atoms with Crippen molar-refractivity contribution in [3.63, 3.8) is 0 Å². The van der Waals surface area contributed by atoms with Crippen molar-refractivity contribution in [3.05, 3.63) is 45.4 Å². The van der Waals surface area contributed by atoms with Crippen molar-refractivity contribution in [2.24, 2.45) is 0 Å². The zero-order chi connectivity index (χ0) is 29.0. The summed E-state index contributed by atoms with van der Waals surface area (Å²) in [6.07, 6.45) is -10.3. The molecule has 1 aromatic heterocycles. The maximum Gasteiger partial charge on any atom is 0.401 e. The lowest BCUT2D eigenvalue weighted by molar-refractivity contribution is -0.186. The minimum Gasteiger partial charge on any atom is -0.370 e. The lowest BCUT2D eigenvalue weighted by Gasteiger charge is -2.32. The fourth-order valence-electron chi connectivity index (χ4n) is 3.62. The number of anilines is 2. The number of carbonyl (C=O) groups excluding carboxylic acids is 3. The van der Waals surface area contributed by atoms with Gasteiger partial charge in [0.15, 0.2) is 0 Å². The highest BCUT2D eigenvalue weighted by molar-refractivity contribution is 7.18. The quantitative estimate of drug-likeness (QED) is 0.422. The van der Waals surface area contributed by atoms with E-state index >= 15 is 0 Å². The molecule has 2 heterocycles. The average Bonchev–Trinajstić information content (AvgIpc) is 3.25. The van der Waals surface area contributed by atoms with Crippen LogP contribution in [0.2, 0.25) is 4.34 Å². The summed E-state index contributed by atoms with van der Waals surface area (Å²) >= 11 is 6.54. The highest BCUT2D eigenvalue weighted by Gasteiger charge is 2.42. The van der Waals surface area contributed by atoms with Gasteiger partial charge in [-0.2, -0.15) is 26.3 Å². The Labute approximate surface area is 225 Å². The minimum atomic E-state index is -5.15. The standard InChI is InChI=1S/C22H20ClF7N4O4S/c23-17-4-3-16(39-17)20(37)31-8-15(33(10-21(25,26)27)11-22(28,29)30)19(36)32-14-2-1-12(7-13(14)24)34-5-6-38-9-18(34)35/h1-4,7,15H,5-6,8-11H2,(H,31,37)(H,32,36)/t15-/m1/s1. The van der Waals surface area contributed by atoms with Gasteiger partial charge in [-0.1, -0.05) is 11.6 Å². The molecule has 1 aliphatic rings. The molecule has 8 nitrogen and oxygen atoms in total. The van der Waals surface area contributed by atoms with Crippen molar-refractivity contribution in [2.75, 3.05) is 49.6 Å². The third kappa shape index (κ3) is 9.05. The molecule has 1 aliphatic heterocycles. The van der Waals surface area contributed by atoms with E-state index in [1.807, 2.05) is 5.32 Å². The lowest BCUT2D eigenvalue weighted by Crippen LogP contribution is -2.55. The number of rotatable bonds is 9. The van der Waals surface area contributed by atoms with Gasteiger partial charge in [0.2, 0.25) is 5.91 Å². The Hall–Kier alpha value is -2.95. The maximum absolute atomic E-state index is 14.8. The second kappa shape index (κ2) is 12.5. The number of hydrogen-bond donors (Lipinski definition) is 2. The molecule has 1 aromatic carbocycles. The van der Waals surface area contributed by atoms with Crippen LogP contribution in [-0.4, -0.2) is 80.4 Å². The zero-order valence-electron chi connectivity index (χ0n) is 19.7. The number of amides is 3. The van der Waals surface area contributed by atoms with Crippen molar-refractivity contribution in [1.29, 1.82) is 0 Å². The molecule has 0 radical (unpaired) electrons. The average molecular weight is 605 g/mol. The van der Waals surface area contributed by atoms with Crippen LogP contribution in [0.25, 0.3) is 0 Å². The third-order valence-corrected chi connectivity index (χ3v) is 6.50. The topological polar surface area (TPSA) is 91.0 Å². The van der Waals surface area contributed by atoms with Gasteiger partial charge >= 0.3 is 12.4 Å². The summed E-state index contributed by atoms with van der Waals surface area (Å²) in [5.41, 5.74) is -0.460. The number of nitrogens with one attached hydrogen (secondary N) is 2. The molecule has 3 rings (SSSR count). The molecule has 0 bridgehead atoms. The van der Waals surface area contributed by atoms with Gasteiger partial charge in [-0.3, -0.25) is 19.3 Å². The normalized spacial score (nSPS) is 15.4. The van der Waals surface area contributed by atoms with Crippen LogP contribution in [-0.2, 0) is 14.3 Å². The van der Waals surface area contributed by atoms with E-state index in [-0.39, 0.29) is 39.6 Å². The van der Waals surface area contributed by atoms with Crippen LogP contribution in [0.15, 0.2) is 30.3 Å². The Morgan fingerprint density at radius 2 is 1.77 bits per heavy atom. The van der Waals surface area contributed by atoms with Crippen LogP contribution in [0.1, 0.15) is 9.67 Å². The van der Waals surface area contributed by atoms with E-state index in [4.69, 9.17) is 16.3 Å². The summed E-state index contributed by atoms with van der Waals surface area (Å²) in [5.74, 6) is -3.90. The predicted octanol–water partition coefficient (Wildman–Crippen LogP) is 4.07. The van der Waals surface area contributed by atoms with E-state index in [9.17, 15) is 45.1 Å². The first-order chi connectivity index (χ1) is 18.1. The number of thiophene rings is 1. The zero-order valence-corrected chi connectivity index (χ0v) is 21.2. The van der Waals surface area contributed by atoms with Crippen molar-refractivity contribution in [1.82, 2.24) is 10.2 Å². The Morgan fingerprint density at radius 1 is 1.10 bits per heavy atom. The summed E-state index contributed by atoms with van der Waals surface area (Å²) in [7, 11) is 0. The molecule has 1 atom stereocenters. The van der Waals surface area contributed by atoms with Crippen molar-refractivity contribution in [2.45, 2.75) is 18.4 Å². The van der Waals surface area contributed by atoms with Crippen LogP contribution in [0.3, 0.4) is 0 Å². The minimum absolute atomic E-state index is 0.00311. The number of alkyl halides is 6. The van der Waals surface area contributed by atoms with Gasteiger partial charge in [0.25, 0.3) is 11.8 Å². The van der Waals surface area contributed by atoms with Crippen LogP contribution < -0.4 is 15.5 Å². The number of benzene rings is 1. The molecular weight excluding hydrogens is 585 g/mol. The van der Waals surface area contributed by atoms with Crippen LogP contribution >= 0.6 is 22.9 Å². The van der Waals surface area contributed by atoms with E-state index in [2.05, 4.69) is 5.32 Å². The highest BCUT2D eigenvalue weighted by Crippen LogP contribution is 2.27. The third-order valence-electron chi connectivity index (χ3n) is 5.27. The molecule has 39 heavy (non-hydrogen) atoms. The first-order valence-corrected chi connectivity index (χ1v) is 12.2. The summed E-state index contributed by atoms with van der Waals surface area (Å²) in [6.45, 7) is -5.21. The van der Waals surface area contributed by atoms with Crippen LogP contribution in [0.5, 0.6) is 0 Å². The number of hydrogen-bond acceptors (Lipinski definition) is 6. The molecule has 2 N–H and O–H groups in total. The Kier molecular flexibility index (Phi) is 9.79. The molecule has 0 saturated carbocycles. The predicted molar refractivity (Wildman–Crippen MR) is 127 cm³/mol. The van der Waals surface area contributed by atoms with Gasteiger partial charge in [-0.05, 0) is 30.3 Å². The molecule has 0 unspecified atom stereocenters. The van der Waals surface area contributed by atoms with E-state index < -0.39 is 67.3 Å². The van der Waals surface area contributed by atoms with E-state index in [1.54, 1.807) is 0 Å². The SMILES string of the molecule is O=C(NC[C@H](C(=O)Nc1ccc(N2CCOCC2=O)cc1F)N(CC(F)(F)F)CC(F)(F)F)c1ccc(Cl)s1. The van der Waals surface area contributed by atoms with Gasteiger partial charge in [0.05, 0.1) is 34.6 Å². The molecule has 17 heteroatoms. The smallest absolute Gasteiger partial charge is 0.370 e. The largest absolute Gasteiger partial charge is 0.401 e. The summed E-state index contributed by atoms with van der Waals surface area (Å²) in [6, 6.07) is 3.53. The highest BCUT2D eigenvalue weighted by atomic mass is 35.5. The van der Waals surface area contributed by atoms with Crippen LogP contribution in [0.4, 0.5) is 42.1 Å². The molecule has 3 amide bonds. The lowest BCUT2D eigenvalue weighted by atomic mass is 10.1. The molecule has 0 spiro atoms. The van der Waals surface area contributed by atoms with E-state index in [1.165, 1.54) is 23.1 Å². The van der Waals surface area contributed by atoms with Gasteiger partial charge in [0.1, 0.15) is 18.5 Å². The Bertz CT molecular complexity index is 1190. The van der Waals surface area contributed by atoms with Crippen molar-refractivity contribution in [3.8, 4) is 0 Å². The number of carbonyl (C=O) groups is 3. The molecule has 1 saturated heterocycles. The van der Waals surface area contributed by atoms with Crippen molar-refractivity contribution >= 4 is 52.0 Å². The number of nitrogens with zero attached hydrogens (tertiary/aromatic N) is 2. The van der Waals surface area contributed by atoms with Gasteiger partial charge in [-0.15, -0.1) is 11.3 Å². The Morgan fingerprint density at radius 3 is 2.31 bits per heavy atom. The number of halogens is 8. The number of ether oxygens (including phenoxy) is 1. The summed E-state index contributed by atoms with van der Waals surface area (Å²) < 4.78 is 99.0. The van der Waals surface area contributed by atoms with Crippen LogP contribution in [0, 0.1) is 5.82 Å². The van der Waals surface area contributed by atoms with E-state index in [0.717, 1.165) is 23.5 Å². The van der Waals surface area contributed by atoms with Gasteiger partial charge < -0.3 is 20.3 Å².